The molecule has 1 atom stereocenters. The molecule has 0 aliphatic carbocycles. The highest BCUT2D eigenvalue weighted by atomic mass is 32.2. The number of nitrogens with zero attached hydrogens (tertiary/aromatic N) is 1. The van der Waals surface area contributed by atoms with Crippen LogP contribution in [0.5, 0.6) is 5.75 Å². The molecule has 1 fully saturated rings. The molecule has 1 aliphatic rings. The highest BCUT2D eigenvalue weighted by Gasteiger charge is 2.33. The first-order chi connectivity index (χ1) is 14.1. The fourth-order valence-corrected chi connectivity index (χ4v) is 5.68. The van der Waals surface area contributed by atoms with Crippen molar-refractivity contribution in [3.05, 3.63) is 53.6 Å². The van der Waals surface area contributed by atoms with E-state index in [0.29, 0.717) is 16.9 Å². The summed E-state index contributed by atoms with van der Waals surface area (Å²) in [4.78, 5) is 0.0730. The zero-order chi connectivity index (χ0) is 21.9. The largest absolute Gasteiger partial charge is 0.491 e. The summed E-state index contributed by atoms with van der Waals surface area (Å²) >= 11 is 0. The van der Waals surface area contributed by atoms with Gasteiger partial charge in [0.25, 0.3) is 0 Å². The predicted molar refractivity (Wildman–Crippen MR) is 115 cm³/mol. The molecule has 0 bridgehead atoms. The third-order valence-corrected chi connectivity index (χ3v) is 7.39. The lowest BCUT2D eigenvalue weighted by atomic mass is 10.1. The summed E-state index contributed by atoms with van der Waals surface area (Å²) in [7, 11) is -7.39. The highest BCUT2D eigenvalue weighted by Crippen LogP contribution is 2.30. The number of morpholine rings is 1. The van der Waals surface area contributed by atoms with Crippen molar-refractivity contribution in [2.24, 2.45) is 0 Å². The molecule has 0 spiro atoms. The van der Waals surface area contributed by atoms with Crippen LogP contribution in [0.15, 0.2) is 47.4 Å². The monoisotopic (exact) mass is 454 g/mol. The number of sulfonamides is 2. The topological polar surface area (TPSA) is 102 Å². The van der Waals surface area contributed by atoms with Gasteiger partial charge >= 0.3 is 0 Å². The minimum absolute atomic E-state index is 0.0730. The lowest BCUT2D eigenvalue weighted by molar-refractivity contribution is -0.0249. The number of benzene rings is 2. The Labute approximate surface area is 177 Å². The van der Waals surface area contributed by atoms with E-state index in [-0.39, 0.29) is 36.9 Å². The molecule has 1 unspecified atom stereocenters. The van der Waals surface area contributed by atoms with Crippen molar-refractivity contribution < 1.29 is 26.3 Å². The zero-order valence-corrected chi connectivity index (χ0v) is 18.8. The van der Waals surface area contributed by atoms with Gasteiger partial charge in [0.1, 0.15) is 18.5 Å². The molecule has 2 aromatic carbocycles. The Hall–Kier alpha value is -2.14. The molecule has 10 heteroatoms. The van der Waals surface area contributed by atoms with Crippen molar-refractivity contribution in [2.45, 2.75) is 24.8 Å². The van der Waals surface area contributed by atoms with Gasteiger partial charge < -0.3 is 9.47 Å². The second-order valence-electron chi connectivity index (χ2n) is 7.23. The van der Waals surface area contributed by atoms with E-state index in [9.17, 15) is 16.8 Å². The summed E-state index contributed by atoms with van der Waals surface area (Å²) in [5.41, 5.74) is 1.30. The lowest BCUT2D eigenvalue weighted by Gasteiger charge is -2.32. The summed E-state index contributed by atoms with van der Waals surface area (Å²) in [6.45, 7) is 4.17. The van der Waals surface area contributed by atoms with Crippen molar-refractivity contribution in [3.63, 3.8) is 0 Å². The molecular weight excluding hydrogens is 428 g/mol. The lowest BCUT2D eigenvalue weighted by Crippen LogP contribution is -2.47. The summed E-state index contributed by atoms with van der Waals surface area (Å²) in [5, 5.41) is 0. The molecule has 0 amide bonds. The molecule has 1 saturated heterocycles. The Morgan fingerprint density at radius 1 is 1.10 bits per heavy atom. The van der Waals surface area contributed by atoms with Gasteiger partial charge in [-0.3, -0.25) is 4.72 Å². The van der Waals surface area contributed by atoms with Gasteiger partial charge in [0.05, 0.1) is 23.4 Å². The maximum absolute atomic E-state index is 13.3. The van der Waals surface area contributed by atoms with Gasteiger partial charge in [0.15, 0.2) is 0 Å². The maximum atomic E-state index is 13.3. The fraction of sp³-hybridized carbons (Fsp3) is 0.400. The number of para-hydroxylation sites is 1. The normalized spacial score (nSPS) is 18.2. The van der Waals surface area contributed by atoms with Gasteiger partial charge in [-0.05, 0) is 43.2 Å². The Morgan fingerprint density at radius 2 is 1.80 bits per heavy atom. The van der Waals surface area contributed by atoms with Crippen LogP contribution < -0.4 is 9.46 Å². The van der Waals surface area contributed by atoms with Crippen LogP contribution in [0, 0.1) is 13.8 Å². The third-order valence-electron chi connectivity index (χ3n) is 4.81. The number of nitrogens with one attached hydrogen (secondary N) is 1. The van der Waals surface area contributed by atoms with Gasteiger partial charge in [-0.1, -0.05) is 24.3 Å². The quantitative estimate of drug-likeness (QED) is 0.688. The van der Waals surface area contributed by atoms with Gasteiger partial charge in [0, 0.05) is 13.1 Å². The molecule has 30 heavy (non-hydrogen) atoms. The SMILES string of the molecule is Cc1ccc(S(=O)(=O)N2CCOC(COc3ccccc3)C2)c(C)c1NS(C)(=O)=O. The first kappa shape index (κ1) is 22.5. The smallest absolute Gasteiger partial charge is 0.243 e. The van der Waals surface area contributed by atoms with Gasteiger partial charge in [-0.15, -0.1) is 0 Å². The number of hydrogen-bond donors (Lipinski definition) is 1. The predicted octanol–water partition coefficient (Wildman–Crippen LogP) is 2.14. The Bertz CT molecular complexity index is 1100. The molecule has 0 radical (unpaired) electrons. The van der Waals surface area contributed by atoms with Crippen LogP contribution in [0.4, 0.5) is 5.69 Å². The number of anilines is 1. The third kappa shape index (κ3) is 5.31. The van der Waals surface area contributed by atoms with Crippen LogP contribution in [0.25, 0.3) is 0 Å². The number of rotatable bonds is 7. The van der Waals surface area contributed by atoms with Crippen LogP contribution in [0.1, 0.15) is 11.1 Å². The molecule has 0 saturated carbocycles. The number of ether oxygens (including phenoxy) is 2. The molecule has 2 aromatic rings. The van der Waals surface area contributed by atoms with Gasteiger partial charge in [0.2, 0.25) is 20.0 Å². The maximum Gasteiger partial charge on any atom is 0.243 e. The molecule has 1 N–H and O–H groups in total. The average molecular weight is 455 g/mol. The summed E-state index contributed by atoms with van der Waals surface area (Å²) in [6, 6.07) is 12.4. The van der Waals surface area contributed by atoms with Gasteiger partial charge in [-0.25, -0.2) is 16.8 Å². The Morgan fingerprint density at radius 3 is 2.47 bits per heavy atom. The van der Waals surface area contributed by atoms with Crippen LogP contribution in [0.2, 0.25) is 0 Å². The number of aryl methyl sites for hydroxylation is 1. The van der Waals surface area contributed by atoms with Crippen LogP contribution >= 0.6 is 0 Å². The van der Waals surface area contributed by atoms with E-state index < -0.39 is 26.2 Å². The zero-order valence-electron chi connectivity index (χ0n) is 17.2. The molecule has 3 rings (SSSR count). The number of hydrogen-bond acceptors (Lipinski definition) is 6. The van der Waals surface area contributed by atoms with Crippen LogP contribution in [0.3, 0.4) is 0 Å². The van der Waals surface area contributed by atoms with E-state index in [2.05, 4.69) is 4.72 Å². The first-order valence-corrected chi connectivity index (χ1v) is 12.8. The van der Waals surface area contributed by atoms with Crippen molar-refractivity contribution >= 4 is 25.7 Å². The summed E-state index contributed by atoms with van der Waals surface area (Å²) in [6.07, 6.45) is 0.625. The molecule has 8 nitrogen and oxygen atoms in total. The van der Waals surface area contributed by atoms with Crippen molar-refractivity contribution in [2.75, 3.05) is 37.3 Å². The van der Waals surface area contributed by atoms with E-state index in [1.165, 1.54) is 10.4 Å². The molecule has 1 aliphatic heterocycles. The van der Waals surface area contributed by atoms with E-state index in [0.717, 1.165) is 6.26 Å². The summed E-state index contributed by atoms with van der Waals surface area (Å²) in [5.74, 6) is 0.687. The second-order valence-corrected chi connectivity index (χ2v) is 10.9. The van der Waals surface area contributed by atoms with E-state index in [1.807, 2.05) is 30.3 Å². The standard InChI is InChI=1S/C20H26N2O6S2/c1-15-9-10-19(16(2)20(15)21-29(3,23)24)30(25,26)22-11-12-27-18(13-22)14-28-17-7-5-4-6-8-17/h4-10,18,21H,11-14H2,1-3H3. The molecule has 164 valence electrons. The highest BCUT2D eigenvalue weighted by molar-refractivity contribution is 7.92. The summed E-state index contributed by atoms with van der Waals surface area (Å²) < 4.78 is 65.2. The molecule has 1 heterocycles. The van der Waals surface area contributed by atoms with Crippen LogP contribution in [-0.2, 0) is 24.8 Å². The minimum Gasteiger partial charge on any atom is -0.491 e. The van der Waals surface area contributed by atoms with Crippen molar-refractivity contribution in [3.8, 4) is 5.75 Å². The minimum atomic E-state index is -3.84. The van der Waals surface area contributed by atoms with Crippen LogP contribution in [-0.4, -0.2) is 59.8 Å². The van der Waals surface area contributed by atoms with Crippen molar-refractivity contribution in [1.29, 1.82) is 0 Å². The Kier molecular flexibility index (Phi) is 6.71. The average Bonchev–Trinajstić information content (AvgIpc) is 2.69. The first-order valence-electron chi connectivity index (χ1n) is 9.45. The Balaban J connectivity index is 1.80. The van der Waals surface area contributed by atoms with E-state index in [1.54, 1.807) is 19.9 Å². The van der Waals surface area contributed by atoms with Crippen molar-refractivity contribution in [1.82, 2.24) is 4.31 Å². The van der Waals surface area contributed by atoms with E-state index >= 15 is 0 Å². The molecule has 0 aromatic heterocycles. The molecular formula is C20H26N2O6S2. The van der Waals surface area contributed by atoms with E-state index in [4.69, 9.17) is 9.47 Å². The van der Waals surface area contributed by atoms with Gasteiger partial charge in [-0.2, -0.15) is 4.31 Å². The fourth-order valence-electron chi connectivity index (χ4n) is 3.31. The second kappa shape index (κ2) is 8.93.